The van der Waals surface area contributed by atoms with Crippen LogP contribution >= 0.6 is 0 Å². The van der Waals surface area contributed by atoms with Gasteiger partial charge in [0, 0.05) is 18.7 Å². The second kappa shape index (κ2) is 5.79. The summed E-state index contributed by atoms with van der Waals surface area (Å²) in [5, 5.41) is 13.5. The maximum atomic E-state index is 14.0. The second-order valence-corrected chi connectivity index (χ2v) is 5.81. The van der Waals surface area contributed by atoms with E-state index in [9.17, 15) is 19.3 Å². The van der Waals surface area contributed by atoms with Crippen LogP contribution in [-0.4, -0.2) is 17.4 Å². The summed E-state index contributed by atoms with van der Waals surface area (Å²) in [6, 6.07) is 2.13. The van der Waals surface area contributed by atoms with Gasteiger partial charge in [-0.05, 0) is 37.2 Å². The van der Waals surface area contributed by atoms with E-state index >= 15 is 0 Å². The summed E-state index contributed by atoms with van der Waals surface area (Å²) in [6.45, 7) is 4.00. The van der Waals surface area contributed by atoms with E-state index in [4.69, 9.17) is 0 Å². The summed E-state index contributed by atoms with van der Waals surface area (Å²) in [7, 11) is 0. The lowest BCUT2D eigenvalue weighted by molar-refractivity contribution is -0.385. The largest absolute Gasteiger partial charge is 0.351 e. The molecule has 0 bridgehead atoms. The normalized spacial score (nSPS) is 15.6. The van der Waals surface area contributed by atoms with Crippen molar-refractivity contribution < 1.29 is 14.1 Å². The Kier molecular flexibility index (Phi) is 4.25. The number of aryl methyl sites for hydroxylation is 1. The Morgan fingerprint density at radius 1 is 1.48 bits per heavy atom. The van der Waals surface area contributed by atoms with Crippen LogP contribution < -0.4 is 5.32 Å². The van der Waals surface area contributed by atoms with Gasteiger partial charge < -0.3 is 5.32 Å². The predicted molar refractivity (Wildman–Crippen MR) is 76.7 cm³/mol. The van der Waals surface area contributed by atoms with Crippen LogP contribution in [-0.2, 0) is 0 Å². The molecular formula is C15H19FN2O3. The molecule has 1 aromatic rings. The highest BCUT2D eigenvalue weighted by atomic mass is 19.1. The van der Waals surface area contributed by atoms with Gasteiger partial charge in [-0.15, -0.1) is 0 Å². The molecule has 0 atom stereocenters. The van der Waals surface area contributed by atoms with Gasteiger partial charge in [-0.2, -0.15) is 0 Å². The van der Waals surface area contributed by atoms with Crippen molar-refractivity contribution in [2.45, 2.75) is 39.5 Å². The van der Waals surface area contributed by atoms with E-state index in [2.05, 4.69) is 12.2 Å². The van der Waals surface area contributed by atoms with E-state index in [0.717, 1.165) is 37.8 Å². The van der Waals surface area contributed by atoms with E-state index in [1.54, 1.807) is 0 Å². The molecule has 1 fully saturated rings. The van der Waals surface area contributed by atoms with Gasteiger partial charge in [0.05, 0.1) is 10.5 Å². The molecule has 1 N–H and O–H groups in total. The number of amides is 1. The average Bonchev–Trinajstić information content (AvgIpc) is 3.19. The maximum Gasteiger partial charge on any atom is 0.270 e. The van der Waals surface area contributed by atoms with Crippen LogP contribution in [0.4, 0.5) is 10.1 Å². The van der Waals surface area contributed by atoms with Gasteiger partial charge in [0.2, 0.25) is 0 Å². The number of nitro groups is 1. The minimum absolute atomic E-state index is 0.101. The van der Waals surface area contributed by atoms with Crippen molar-refractivity contribution in [1.82, 2.24) is 5.32 Å². The number of hydrogen-bond donors (Lipinski definition) is 1. The molecule has 1 saturated carbocycles. The number of nitrogens with one attached hydrogen (secondary N) is 1. The zero-order valence-corrected chi connectivity index (χ0v) is 12.2. The SMILES string of the molecule is CCCC1(CNC(=O)c2cc([N+](=O)[O-])cc(C)c2F)CC1. The van der Waals surface area contributed by atoms with Gasteiger partial charge in [-0.3, -0.25) is 14.9 Å². The van der Waals surface area contributed by atoms with Crippen molar-refractivity contribution in [3.8, 4) is 0 Å². The van der Waals surface area contributed by atoms with Crippen LogP contribution in [0.25, 0.3) is 0 Å². The predicted octanol–water partition coefficient (Wildman–Crippen LogP) is 3.35. The molecule has 6 heteroatoms. The van der Waals surface area contributed by atoms with Crippen LogP contribution in [0.3, 0.4) is 0 Å². The molecule has 1 amide bonds. The Bertz CT molecular complexity index is 583. The summed E-state index contributed by atoms with van der Waals surface area (Å²) in [5.41, 5.74) is -0.275. The van der Waals surface area contributed by atoms with E-state index in [0.29, 0.717) is 6.54 Å². The van der Waals surface area contributed by atoms with E-state index in [-0.39, 0.29) is 22.2 Å². The molecular weight excluding hydrogens is 275 g/mol. The number of halogens is 1. The molecule has 0 aromatic heterocycles. The summed E-state index contributed by atoms with van der Waals surface area (Å²) < 4.78 is 14.0. The lowest BCUT2D eigenvalue weighted by Crippen LogP contribution is -2.31. The molecule has 0 unspecified atom stereocenters. The average molecular weight is 294 g/mol. The number of benzene rings is 1. The van der Waals surface area contributed by atoms with Crippen molar-refractivity contribution in [3.63, 3.8) is 0 Å². The first-order valence-electron chi connectivity index (χ1n) is 7.11. The molecule has 0 aliphatic heterocycles. The Morgan fingerprint density at radius 3 is 2.67 bits per heavy atom. The molecule has 21 heavy (non-hydrogen) atoms. The third-order valence-corrected chi connectivity index (χ3v) is 4.06. The number of nitro benzene ring substituents is 1. The van der Waals surface area contributed by atoms with E-state index < -0.39 is 16.6 Å². The second-order valence-electron chi connectivity index (χ2n) is 5.81. The highest BCUT2D eigenvalue weighted by molar-refractivity contribution is 5.95. The van der Waals surface area contributed by atoms with Crippen molar-refractivity contribution in [2.24, 2.45) is 5.41 Å². The molecule has 1 aromatic carbocycles. The summed E-state index contributed by atoms with van der Waals surface area (Å²) >= 11 is 0. The number of carbonyl (C=O) groups is 1. The highest BCUT2D eigenvalue weighted by Gasteiger charge is 2.41. The lowest BCUT2D eigenvalue weighted by atomic mass is 10.0. The van der Waals surface area contributed by atoms with Crippen LogP contribution in [0.1, 0.15) is 48.5 Å². The monoisotopic (exact) mass is 294 g/mol. The number of rotatable bonds is 6. The van der Waals surface area contributed by atoms with Crippen LogP contribution in [0.2, 0.25) is 0 Å². The number of non-ortho nitro benzene ring substituents is 1. The van der Waals surface area contributed by atoms with E-state index in [1.165, 1.54) is 6.92 Å². The van der Waals surface area contributed by atoms with Crippen LogP contribution in [0.5, 0.6) is 0 Å². The first-order valence-corrected chi connectivity index (χ1v) is 7.11. The molecule has 1 aliphatic rings. The van der Waals surface area contributed by atoms with Gasteiger partial charge >= 0.3 is 0 Å². The fourth-order valence-corrected chi connectivity index (χ4v) is 2.61. The first-order chi connectivity index (χ1) is 9.88. The highest BCUT2D eigenvalue weighted by Crippen LogP contribution is 2.48. The molecule has 0 saturated heterocycles. The standard InChI is InChI=1S/C15H19FN2O3/c1-3-4-15(5-6-15)9-17-14(19)12-8-11(18(20)21)7-10(2)13(12)16/h7-8H,3-6,9H2,1-2H3,(H,17,19). The Labute approximate surface area is 122 Å². The lowest BCUT2D eigenvalue weighted by Gasteiger charge is -2.15. The van der Waals surface area contributed by atoms with Crippen molar-refractivity contribution in [1.29, 1.82) is 0 Å². The van der Waals surface area contributed by atoms with Crippen LogP contribution in [0.15, 0.2) is 12.1 Å². The summed E-state index contributed by atoms with van der Waals surface area (Å²) in [6.07, 6.45) is 4.21. The molecule has 5 nitrogen and oxygen atoms in total. The zero-order valence-electron chi connectivity index (χ0n) is 12.2. The fraction of sp³-hybridized carbons (Fsp3) is 0.533. The van der Waals surface area contributed by atoms with Crippen molar-refractivity contribution in [2.75, 3.05) is 6.54 Å². The molecule has 0 heterocycles. The number of carbonyl (C=O) groups excluding carboxylic acids is 1. The smallest absolute Gasteiger partial charge is 0.270 e. The van der Waals surface area contributed by atoms with Crippen LogP contribution in [0, 0.1) is 28.3 Å². The Balaban J connectivity index is 2.13. The molecule has 0 radical (unpaired) electrons. The van der Waals surface area contributed by atoms with Gasteiger partial charge in [0.1, 0.15) is 5.82 Å². The summed E-state index contributed by atoms with van der Waals surface area (Å²) in [4.78, 5) is 22.3. The quantitative estimate of drug-likeness (QED) is 0.646. The minimum Gasteiger partial charge on any atom is -0.351 e. The van der Waals surface area contributed by atoms with Gasteiger partial charge in [0.25, 0.3) is 11.6 Å². The first kappa shape index (κ1) is 15.4. The minimum atomic E-state index is -0.696. The van der Waals surface area contributed by atoms with E-state index in [1.807, 2.05) is 0 Å². The third-order valence-electron chi connectivity index (χ3n) is 4.06. The van der Waals surface area contributed by atoms with Crippen molar-refractivity contribution in [3.05, 3.63) is 39.2 Å². The fourth-order valence-electron chi connectivity index (χ4n) is 2.61. The Morgan fingerprint density at radius 2 is 2.14 bits per heavy atom. The Hall–Kier alpha value is -1.98. The molecule has 1 aliphatic carbocycles. The van der Waals surface area contributed by atoms with Crippen molar-refractivity contribution >= 4 is 11.6 Å². The van der Waals surface area contributed by atoms with Gasteiger partial charge in [-0.1, -0.05) is 13.3 Å². The maximum absolute atomic E-state index is 14.0. The zero-order chi connectivity index (χ0) is 15.6. The number of nitrogens with zero attached hydrogens (tertiary/aromatic N) is 1. The summed E-state index contributed by atoms with van der Waals surface area (Å²) in [5.74, 6) is -1.28. The number of hydrogen-bond acceptors (Lipinski definition) is 3. The van der Waals surface area contributed by atoms with Gasteiger partial charge in [-0.25, -0.2) is 4.39 Å². The molecule has 2 rings (SSSR count). The molecule has 114 valence electrons. The third kappa shape index (κ3) is 3.37. The van der Waals surface area contributed by atoms with Gasteiger partial charge in [0.15, 0.2) is 0 Å². The molecule has 0 spiro atoms. The topological polar surface area (TPSA) is 72.2 Å².